The number of piperazine rings is 1. The van der Waals surface area contributed by atoms with E-state index in [0.29, 0.717) is 0 Å². The van der Waals surface area contributed by atoms with Gasteiger partial charge < -0.3 is 4.90 Å². The van der Waals surface area contributed by atoms with Crippen LogP contribution in [0.3, 0.4) is 0 Å². The van der Waals surface area contributed by atoms with Gasteiger partial charge >= 0.3 is 0 Å². The highest BCUT2D eigenvalue weighted by atomic mass is 32.1. The van der Waals surface area contributed by atoms with Crippen molar-refractivity contribution in [2.24, 2.45) is 0 Å². The number of aromatic nitrogens is 2. The molecule has 0 amide bonds. The monoisotopic (exact) mass is 392 g/mol. The van der Waals surface area contributed by atoms with Gasteiger partial charge in [-0.3, -0.25) is 4.90 Å². The summed E-state index contributed by atoms with van der Waals surface area (Å²) in [5.74, 6) is 2.10. The topological polar surface area (TPSA) is 32.3 Å². The fraction of sp³-hybridized carbons (Fsp3) is 0.478. The maximum absolute atomic E-state index is 4.95. The first-order valence-corrected chi connectivity index (χ1v) is 11.4. The first kappa shape index (κ1) is 18.1. The Morgan fingerprint density at radius 2 is 1.71 bits per heavy atom. The molecular weight excluding hydrogens is 364 g/mol. The normalized spacial score (nSPS) is 18.2. The lowest BCUT2D eigenvalue weighted by Gasteiger charge is -2.36. The molecule has 0 N–H and O–H groups in total. The summed E-state index contributed by atoms with van der Waals surface area (Å²) in [6, 6.07) is 10.8. The highest BCUT2D eigenvalue weighted by Gasteiger charge is 2.25. The van der Waals surface area contributed by atoms with Gasteiger partial charge in [-0.1, -0.05) is 36.8 Å². The maximum Gasteiger partial charge on any atom is 0.141 e. The van der Waals surface area contributed by atoms with Gasteiger partial charge in [0.2, 0.25) is 0 Å². The van der Waals surface area contributed by atoms with E-state index in [4.69, 9.17) is 9.97 Å². The smallest absolute Gasteiger partial charge is 0.141 e. The molecule has 28 heavy (non-hydrogen) atoms. The number of nitrogens with zero attached hydrogens (tertiary/aromatic N) is 4. The fourth-order valence-corrected chi connectivity index (χ4v) is 5.91. The van der Waals surface area contributed by atoms with Gasteiger partial charge in [0.1, 0.15) is 16.5 Å². The van der Waals surface area contributed by atoms with E-state index < -0.39 is 0 Å². The van der Waals surface area contributed by atoms with Gasteiger partial charge in [-0.05, 0) is 43.7 Å². The van der Waals surface area contributed by atoms with Crippen LogP contribution in [0.4, 0.5) is 5.82 Å². The van der Waals surface area contributed by atoms with E-state index in [2.05, 4.69) is 40.1 Å². The van der Waals surface area contributed by atoms with Crippen LogP contribution in [0.2, 0.25) is 0 Å². The first-order chi connectivity index (χ1) is 13.8. The van der Waals surface area contributed by atoms with Gasteiger partial charge in [-0.15, -0.1) is 11.3 Å². The molecule has 1 aromatic carbocycles. The van der Waals surface area contributed by atoms with Crippen molar-refractivity contribution < 1.29 is 0 Å². The van der Waals surface area contributed by atoms with Crippen molar-refractivity contribution in [2.45, 2.75) is 45.6 Å². The van der Waals surface area contributed by atoms with Crippen LogP contribution in [0.25, 0.3) is 10.2 Å². The predicted molar refractivity (Wildman–Crippen MR) is 117 cm³/mol. The molecule has 0 bridgehead atoms. The summed E-state index contributed by atoms with van der Waals surface area (Å²) < 4.78 is 0. The van der Waals surface area contributed by atoms with Gasteiger partial charge in [0, 0.05) is 37.6 Å². The van der Waals surface area contributed by atoms with Gasteiger partial charge in [0.25, 0.3) is 0 Å². The Morgan fingerprint density at radius 3 is 2.54 bits per heavy atom. The SMILES string of the molecule is Cc1nc(N2CCN(Cc3ccccc3)CC2)c2c3c(sc2n1)CCCCC3. The molecule has 1 aliphatic heterocycles. The zero-order valence-electron chi connectivity index (χ0n) is 16.7. The summed E-state index contributed by atoms with van der Waals surface area (Å²) in [7, 11) is 0. The van der Waals surface area contributed by atoms with Gasteiger partial charge in [-0.25, -0.2) is 9.97 Å². The molecule has 1 fully saturated rings. The summed E-state index contributed by atoms with van der Waals surface area (Å²) in [4.78, 5) is 17.6. The number of fused-ring (bicyclic) bond motifs is 3. The third kappa shape index (κ3) is 3.53. The van der Waals surface area contributed by atoms with Crippen LogP contribution in [-0.2, 0) is 19.4 Å². The van der Waals surface area contributed by atoms with Crippen molar-refractivity contribution in [2.75, 3.05) is 31.1 Å². The van der Waals surface area contributed by atoms with Crippen LogP contribution >= 0.6 is 11.3 Å². The third-order valence-corrected chi connectivity index (χ3v) is 7.26. The number of hydrogen-bond donors (Lipinski definition) is 0. The Hall–Kier alpha value is -1.98. The van der Waals surface area contributed by atoms with Crippen molar-refractivity contribution in [1.82, 2.24) is 14.9 Å². The predicted octanol–water partition coefficient (Wildman–Crippen LogP) is 4.59. The number of benzene rings is 1. The van der Waals surface area contributed by atoms with Crippen LogP contribution in [0.1, 0.15) is 41.1 Å². The summed E-state index contributed by atoms with van der Waals surface area (Å²) in [6.45, 7) is 7.35. The molecule has 0 spiro atoms. The summed E-state index contributed by atoms with van der Waals surface area (Å²) in [5, 5.41) is 1.36. The second-order valence-electron chi connectivity index (χ2n) is 8.09. The minimum atomic E-state index is 0.908. The molecule has 0 unspecified atom stereocenters. The number of aryl methyl sites for hydroxylation is 3. The lowest BCUT2D eigenvalue weighted by atomic mass is 10.1. The van der Waals surface area contributed by atoms with Crippen LogP contribution in [0, 0.1) is 6.92 Å². The molecule has 5 rings (SSSR count). The fourth-order valence-electron chi connectivity index (χ4n) is 4.61. The van der Waals surface area contributed by atoms with Crippen LogP contribution in [0.15, 0.2) is 30.3 Å². The van der Waals surface area contributed by atoms with Gasteiger partial charge in [0.05, 0.1) is 5.39 Å². The van der Waals surface area contributed by atoms with E-state index in [1.54, 1.807) is 10.4 Å². The summed E-state index contributed by atoms with van der Waals surface area (Å²) >= 11 is 1.92. The molecule has 4 nitrogen and oxygen atoms in total. The molecule has 0 radical (unpaired) electrons. The highest BCUT2D eigenvalue weighted by Crippen LogP contribution is 2.39. The minimum Gasteiger partial charge on any atom is -0.353 e. The average molecular weight is 393 g/mol. The highest BCUT2D eigenvalue weighted by molar-refractivity contribution is 7.19. The number of anilines is 1. The molecule has 0 atom stereocenters. The molecule has 1 aliphatic carbocycles. The number of hydrogen-bond acceptors (Lipinski definition) is 5. The minimum absolute atomic E-state index is 0.908. The van der Waals surface area contributed by atoms with E-state index >= 15 is 0 Å². The Bertz CT molecular complexity index is 958. The molecule has 146 valence electrons. The van der Waals surface area contributed by atoms with E-state index in [1.165, 1.54) is 53.7 Å². The Morgan fingerprint density at radius 1 is 0.929 bits per heavy atom. The lowest BCUT2D eigenvalue weighted by Crippen LogP contribution is -2.46. The molecule has 3 heterocycles. The number of thiophene rings is 1. The van der Waals surface area contributed by atoms with Crippen molar-refractivity contribution in [1.29, 1.82) is 0 Å². The van der Waals surface area contributed by atoms with Crippen molar-refractivity contribution in [3.63, 3.8) is 0 Å². The summed E-state index contributed by atoms with van der Waals surface area (Å²) in [6.07, 6.45) is 6.39. The summed E-state index contributed by atoms with van der Waals surface area (Å²) in [5.41, 5.74) is 2.96. The molecule has 0 saturated carbocycles. The zero-order valence-corrected chi connectivity index (χ0v) is 17.5. The van der Waals surface area contributed by atoms with Crippen molar-refractivity contribution >= 4 is 27.4 Å². The third-order valence-electron chi connectivity index (χ3n) is 6.08. The van der Waals surface area contributed by atoms with E-state index in [9.17, 15) is 0 Å². The van der Waals surface area contributed by atoms with E-state index in [1.807, 2.05) is 18.3 Å². The molecule has 2 aromatic heterocycles. The molecule has 5 heteroatoms. The zero-order chi connectivity index (χ0) is 18.9. The van der Waals surface area contributed by atoms with Crippen LogP contribution in [0.5, 0.6) is 0 Å². The first-order valence-electron chi connectivity index (χ1n) is 10.6. The number of rotatable bonds is 3. The molecule has 3 aromatic rings. The lowest BCUT2D eigenvalue weighted by molar-refractivity contribution is 0.249. The van der Waals surface area contributed by atoms with Crippen molar-refractivity contribution in [3.05, 3.63) is 52.2 Å². The van der Waals surface area contributed by atoms with Gasteiger partial charge in [0.15, 0.2) is 0 Å². The Balaban J connectivity index is 1.40. The quantitative estimate of drug-likeness (QED) is 0.610. The second kappa shape index (κ2) is 7.80. The Labute approximate surface area is 171 Å². The molecule has 1 saturated heterocycles. The molecular formula is C23H28N4S. The van der Waals surface area contributed by atoms with Gasteiger partial charge in [-0.2, -0.15) is 0 Å². The van der Waals surface area contributed by atoms with Crippen LogP contribution < -0.4 is 4.90 Å². The standard InChI is InChI=1S/C23H28N4S/c1-17-24-22(21-19-10-6-3-7-11-20(19)28-23(21)25-17)27-14-12-26(13-15-27)16-18-8-4-2-5-9-18/h2,4-5,8-9H,3,6-7,10-16H2,1H3. The average Bonchev–Trinajstić information content (AvgIpc) is 2.89. The second-order valence-corrected chi connectivity index (χ2v) is 9.17. The van der Waals surface area contributed by atoms with E-state index in [0.717, 1.165) is 38.5 Å². The maximum atomic E-state index is 4.95. The van der Waals surface area contributed by atoms with Crippen molar-refractivity contribution in [3.8, 4) is 0 Å². The van der Waals surface area contributed by atoms with Crippen LogP contribution in [-0.4, -0.2) is 41.0 Å². The Kier molecular flexibility index (Phi) is 5.03. The van der Waals surface area contributed by atoms with E-state index in [-0.39, 0.29) is 0 Å². The molecule has 2 aliphatic rings. The largest absolute Gasteiger partial charge is 0.353 e.